The highest BCUT2D eigenvalue weighted by Gasteiger charge is 2.07. The Kier molecular flexibility index (Phi) is 4.42. The van der Waals surface area contributed by atoms with Gasteiger partial charge in [-0.2, -0.15) is 0 Å². The molecule has 0 fully saturated rings. The molecule has 17 heavy (non-hydrogen) atoms. The van der Waals surface area contributed by atoms with E-state index in [1.165, 1.54) is 18.4 Å². The largest absolute Gasteiger partial charge is 0.356 e. The summed E-state index contributed by atoms with van der Waals surface area (Å²) in [4.78, 5) is 4.48. The molecule has 1 aromatic carbocycles. The Labute approximate surface area is 103 Å². The van der Waals surface area contributed by atoms with Crippen LogP contribution >= 0.6 is 0 Å². The minimum absolute atomic E-state index is 0.504. The first kappa shape index (κ1) is 12.0. The average Bonchev–Trinajstić information content (AvgIpc) is 2.65. The molecule has 0 unspecified atom stereocenters. The van der Waals surface area contributed by atoms with Gasteiger partial charge in [0.1, 0.15) is 0 Å². The van der Waals surface area contributed by atoms with Crippen molar-refractivity contribution >= 4 is 5.96 Å². The SMILES string of the molecule is C[C@H](CNC1=NCCCCN1)c1ccccc1. The van der Waals surface area contributed by atoms with Gasteiger partial charge in [-0.1, -0.05) is 37.3 Å². The molecule has 3 nitrogen and oxygen atoms in total. The Morgan fingerprint density at radius 1 is 1.29 bits per heavy atom. The van der Waals surface area contributed by atoms with Crippen LogP contribution in [0.3, 0.4) is 0 Å². The van der Waals surface area contributed by atoms with Gasteiger partial charge in [-0.25, -0.2) is 0 Å². The Hall–Kier alpha value is -1.51. The van der Waals surface area contributed by atoms with Gasteiger partial charge >= 0.3 is 0 Å². The number of nitrogens with zero attached hydrogens (tertiary/aromatic N) is 1. The molecule has 2 N–H and O–H groups in total. The minimum Gasteiger partial charge on any atom is -0.356 e. The third kappa shape index (κ3) is 3.77. The molecule has 0 aliphatic carbocycles. The number of rotatable bonds is 3. The Morgan fingerprint density at radius 2 is 2.12 bits per heavy atom. The fraction of sp³-hybridized carbons (Fsp3) is 0.500. The lowest BCUT2D eigenvalue weighted by Crippen LogP contribution is -2.38. The van der Waals surface area contributed by atoms with Crippen LogP contribution in [0.25, 0.3) is 0 Å². The van der Waals surface area contributed by atoms with E-state index in [0.29, 0.717) is 5.92 Å². The van der Waals surface area contributed by atoms with Gasteiger partial charge < -0.3 is 10.6 Å². The zero-order valence-corrected chi connectivity index (χ0v) is 10.4. The van der Waals surface area contributed by atoms with Crippen molar-refractivity contribution in [3.05, 3.63) is 35.9 Å². The molecule has 0 aromatic heterocycles. The molecule has 2 rings (SSSR count). The van der Waals surface area contributed by atoms with Crippen molar-refractivity contribution < 1.29 is 0 Å². The van der Waals surface area contributed by atoms with Gasteiger partial charge in [0.05, 0.1) is 0 Å². The second kappa shape index (κ2) is 6.28. The smallest absolute Gasteiger partial charge is 0.191 e. The number of benzene rings is 1. The molecule has 0 bridgehead atoms. The molecule has 1 heterocycles. The third-order valence-corrected chi connectivity index (χ3v) is 3.09. The highest BCUT2D eigenvalue weighted by Crippen LogP contribution is 2.12. The van der Waals surface area contributed by atoms with Gasteiger partial charge in [0.2, 0.25) is 0 Å². The molecule has 92 valence electrons. The van der Waals surface area contributed by atoms with Crippen molar-refractivity contribution in [1.82, 2.24) is 10.6 Å². The second-order valence-electron chi connectivity index (χ2n) is 4.56. The monoisotopic (exact) mass is 231 g/mol. The van der Waals surface area contributed by atoms with Crippen LogP contribution in [-0.2, 0) is 0 Å². The zero-order chi connectivity index (χ0) is 11.9. The lowest BCUT2D eigenvalue weighted by atomic mass is 10.0. The van der Waals surface area contributed by atoms with E-state index >= 15 is 0 Å². The van der Waals surface area contributed by atoms with E-state index < -0.39 is 0 Å². The van der Waals surface area contributed by atoms with Crippen molar-refractivity contribution in [1.29, 1.82) is 0 Å². The van der Waals surface area contributed by atoms with E-state index in [-0.39, 0.29) is 0 Å². The molecule has 0 amide bonds. The van der Waals surface area contributed by atoms with Crippen molar-refractivity contribution in [3.63, 3.8) is 0 Å². The molecular formula is C14H21N3. The predicted molar refractivity (Wildman–Crippen MR) is 72.4 cm³/mol. The van der Waals surface area contributed by atoms with Gasteiger partial charge in [-0.3, -0.25) is 4.99 Å². The number of nitrogens with one attached hydrogen (secondary N) is 2. The maximum atomic E-state index is 4.48. The van der Waals surface area contributed by atoms with Crippen LogP contribution in [0.2, 0.25) is 0 Å². The quantitative estimate of drug-likeness (QED) is 0.836. The minimum atomic E-state index is 0.504. The molecule has 1 aromatic rings. The van der Waals surface area contributed by atoms with E-state index in [4.69, 9.17) is 0 Å². The highest BCUT2D eigenvalue weighted by molar-refractivity contribution is 5.79. The summed E-state index contributed by atoms with van der Waals surface area (Å²) in [6.45, 7) is 5.13. The Balaban J connectivity index is 1.83. The van der Waals surface area contributed by atoms with Crippen LogP contribution < -0.4 is 10.6 Å². The van der Waals surface area contributed by atoms with Crippen LogP contribution in [0.1, 0.15) is 31.2 Å². The molecule has 1 aliphatic rings. The van der Waals surface area contributed by atoms with Crippen molar-refractivity contribution in [2.75, 3.05) is 19.6 Å². The number of hydrogen-bond donors (Lipinski definition) is 2. The van der Waals surface area contributed by atoms with Gasteiger partial charge in [-0.05, 0) is 24.3 Å². The summed E-state index contributed by atoms with van der Waals surface area (Å²) in [5.74, 6) is 1.47. The van der Waals surface area contributed by atoms with Gasteiger partial charge in [0.25, 0.3) is 0 Å². The summed E-state index contributed by atoms with van der Waals surface area (Å²) in [7, 11) is 0. The summed E-state index contributed by atoms with van der Waals surface area (Å²) in [5.41, 5.74) is 1.37. The van der Waals surface area contributed by atoms with Crippen LogP contribution in [0.5, 0.6) is 0 Å². The van der Waals surface area contributed by atoms with Crippen LogP contribution in [0.15, 0.2) is 35.3 Å². The lowest BCUT2D eigenvalue weighted by Gasteiger charge is -2.15. The first-order valence-electron chi connectivity index (χ1n) is 6.43. The first-order valence-corrected chi connectivity index (χ1v) is 6.43. The van der Waals surface area contributed by atoms with E-state index in [2.05, 4.69) is 52.9 Å². The van der Waals surface area contributed by atoms with Gasteiger partial charge in [0, 0.05) is 19.6 Å². The molecule has 0 spiro atoms. The predicted octanol–water partition coefficient (Wildman–Crippen LogP) is 2.12. The molecule has 0 saturated carbocycles. The van der Waals surface area contributed by atoms with E-state index in [1.807, 2.05) is 0 Å². The number of hydrogen-bond acceptors (Lipinski definition) is 3. The molecule has 0 saturated heterocycles. The van der Waals surface area contributed by atoms with Gasteiger partial charge in [-0.15, -0.1) is 0 Å². The summed E-state index contributed by atoms with van der Waals surface area (Å²) >= 11 is 0. The summed E-state index contributed by atoms with van der Waals surface area (Å²) in [6.07, 6.45) is 2.40. The molecule has 1 atom stereocenters. The van der Waals surface area contributed by atoms with E-state index in [9.17, 15) is 0 Å². The summed E-state index contributed by atoms with van der Waals surface area (Å²) in [5, 5.41) is 6.73. The third-order valence-electron chi connectivity index (χ3n) is 3.09. The summed E-state index contributed by atoms with van der Waals surface area (Å²) < 4.78 is 0. The lowest BCUT2D eigenvalue weighted by molar-refractivity contribution is 0.698. The summed E-state index contributed by atoms with van der Waals surface area (Å²) in [6, 6.07) is 10.6. The van der Waals surface area contributed by atoms with Crippen LogP contribution in [0, 0.1) is 0 Å². The molecular weight excluding hydrogens is 210 g/mol. The second-order valence-corrected chi connectivity index (χ2v) is 4.56. The van der Waals surface area contributed by atoms with Crippen molar-refractivity contribution in [2.45, 2.75) is 25.7 Å². The van der Waals surface area contributed by atoms with Crippen LogP contribution in [0.4, 0.5) is 0 Å². The Morgan fingerprint density at radius 3 is 2.94 bits per heavy atom. The normalized spacial score (nSPS) is 17.6. The fourth-order valence-electron chi connectivity index (χ4n) is 1.96. The van der Waals surface area contributed by atoms with Crippen molar-refractivity contribution in [2.24, 2.45) is 4.99 Å². The maximum absolute atomic E-state index is 4.48. The van der Waals surface area contributed by atoms with E-state index in [0.717, 1.165) is 25.6 Å². The molecule has 1 aliphatic heterocycles. The number of guanidine groups is 1. The maximum Gasteiger partial charge on any atom is 0.191 e. The highest BCUT2D eigenvalue weighted by atomic mass is 15.2. The topological polar surface area (TPSA) is 36.4 Å². The average molecular weight is 231 g/mol. The van der Waals surface area contributed by atoms with Crippen molar-refractivity contribution in [3.8, 4) is 0 Å². The Bertz CT molecular complexity index is 359. The standard InChI is InChI=1S/C14H21N3/c1-12(13-7-3-2-4-8-13)11-17-14-15-9-5-6-10-16-14/h2-4,7-8,12H,5-6,9-11H2,1H3,(H2,15,16,17)/t12-/m1/s1. The first-order chi connectivity index (χ1) is 8.36. The number of aliphatic imine (C=N–C) groups is 1. The molecule has 0 radical (unpaired) electrons. The van der Waals surface area contributed by atoms with Gasteiger partial charge in [0.15, 0.2) is 5.96 Å². The molecule has 3 heteroatoms. The van der Waals surface area contributed by atoms with E-state index in [1.54, 1.807) is 0 Å². The zero-order valence-electron chi connectivity index (χ0n) is 10.4. The van der Waals surface area contributed by atoms with Crippen LogP contribution in [-0.4, -0.2) is 25.6 Å². The fourth-order valence-corrected chi connectivity index (χ4v) is 1.96.